The molecular weight excluding hydrogens is 338 g/mol. The molecule has 0 radical (unpaired) electrons. The van der Waals surface area contributed by atoms with Gasteiger partial charge in [0, 0.05) is 49.7 Å². The Kier molecular flexibility index (Phi) is 3.93. The summed E-state index contributed by atoms with van der Waals surface area (Å²) in [5, 5.41) is 13.8. The number of nitrogens with zero attached hydrogens (tertiary/aromatic N) is 6. The molecule has 1 fully saturated rings. The van der Waals surface area contributed by atoms with Crippen LogP contribution in [-0.2, 0) is 13.1 Å². The third-order valence-corrected chi connectivity index (χ3v) is 6.14. The molecule has 0 atom stereocenters. The fourth-order valence-corrected chi connectivity index (χ4v) is 4.55. The number of likely N-dealkylation sites (tertiary alicyclic amines) is 1. The topological polar surface area (TPSA) is 65.9 Å². The molecule has 1 N–H and O–H groups in total. The van der Waals surface area contributed by atoms with Crippen LogP contribution in [0.15, 0.2) is 18.5 Å². The molecule has 5 rings (SSSR count). The average molecular weight is 365 g/mol. The van der Waals surface area contributed by atoms with Gasteiger partial charge in [-0.3, -0.25) is 9.78 Å². The number of rotatable bonds is 3. The monoisotopic (exact) mass is 365 g/mol. The highest BCUT2D eigenvalue weighted by atomic mass is 15.3. The van der Waals surface area contributed by atoms with E-state index in [9.17, 15) is 0 Å². The number of piperidine rings is 1. The van der Waals surface area contributed by atoms with Crippen molar-refractivity contribution in [1.82, 2.24) is 29.9 Å². The summed E-state index contributed by atoms with van der Waals surface area (Å²) in [7, 11) is 0. The molecule has 142 valence electrons. The Balaban J connectivity index is 1.59. The van der Waals surface area contributed by atoms with Crippen LogP contribution in [0.4, 0.5) is 5.82 Å². The summed E-state index contributed by atoms with van der Waals surface area (Å²) >= 11 is 0. The van der Waals surface area contributed by atoms with Gasteiger partial charge in [-0.25, -0.2) is 4.98 Å². The van der Waals surface area contributed by atoms with Crippen LogP contribution >= 0.6 is 0 Å². The number of aromatic amines is 1. The molecule has 7 heteroatoms. The van der Waals surface area contributed by atoms with E-state index in [4.69, 9.17) is 10.1 Å². The van der Waals surface area contributed by atoms with Gasteiger partial charge in [-0.1, -0.05) is 0 Å². The average Bonchev–Trinajstić information content (AvgIpc) is 3.26. The molecule has 2 aliphatic rings. The van der Waals surface area contributed by atoms with Crippen LogP contribution in [-0.4, -0.2) is 55.0 Å². The van der Waals surface area contributed by atoms with E-state index >= 15 is 0 Å². The molecule has 2 aliphatic heterocycles. The lowest BCUT2D eigenvalue weighted by molar-refractivity contribution is 0.169. The maximum absolute atomic E-state index is 4.85. The zero-order valence-corrected chi connectivity index (χ0v) is 16.3. The van der Waals surface area contributed by atoms with Gasteiger partial charge in [-0.15, -0.1) is 0 Å². The van der Waals surface area contributed by atoms with Crippen LogP contribution in [0, 0.1) is 0 Å². The first kappa shape index (κ1) is 16.7. The van der Waals surface area contributed by atoms with Crippen molar-refractivity contribution in [3.8, 4) is 11.3 Å². The third-order valence-electron chi connectivity index (χ3n) is 6.14. The molecule has 0 bridgehead atoms. The minimum absolute atomic E-state index is 0.485. The van der Waals surface area contributed by atoms with E-state index in [-0.39, 0.29) is 0 Å². The Labute approximate surface area is 159 Å². The Morgan fingerprint density at radius 3 is 2.81 bits per heavy atom. The molecule has 5 heterocycles. The predicted molar refractivity (Wildman–Crippen MR) is 107 cm³/mol. The summed E-state index contributed by atoms with van der Waals surface area (Å²) in [5.41, 5.74) is 4.29. The van der Waals surface area contributed by atoms with Gasteiger partial charge in [-0.05, 0) is 39.7 Å². The van der Waals surface area contributed by atoms with Gasteiger partial charge in [0.1, 0.15) is 11.5 Å². The van der Waals surface area contributed by atoms with Crippen molar-refractivity contribution in [3.63, 3.8) is 0 Å². The van der Waals surface area contributed by atoms with E-state index in [1.807, 2.05) is 16.9 Å². The van der Waals surface area contributed by atoms with Gasteiger partial charge in [0.15, 0.2) is 0 Å². The minimum Gasteiger partial charge on any atom is -0.347 e. The summed E-state index contributed by atoms with van der Waals surface area (Å²) in [5.74, 6) is 1.06. The van der Waals surface area contributed by atoms with Crippen LogP contribution in [0.1, 0.15) is 39.3 Å². The quantitative estimate of drug-likeness (QED) is 0.773. The van der Waals surface area contributed by atoms with E-state index in [0.29, 0.717) is 12.1 Å². The third kappa shape index (κ3) is 2.64. The fraction of sp³-hybridized carbons (Fsp3) is 0.550. The minimum atomic E-state index is 0.485. The zero-order valence-electron chi connectivity index (χ0n) is 16.3. The van der Waals surface area contributed by atoms with Gasteiger partial charge in [0.25, 0.3) is 0 Å². The lowest BCUT2D eigenvalue weighted by Gasteiger charge is -2.40. The molecule has 0 saturated carbocycles. The Bertz CT molecular complexity index is 962. The van der Waals surface area contributed by atoms with Gasteiger partial charge < -0.3 is 9.80 Å². The van der Waals surface area contributed by atoms with Crippen molar-refractivity contribution < 1.29 is 0 Å². The first-order valence-electron chi connectivity index (χ1n) is 10.1. The molecule has 27 heavy (non-hydrogen) atoms. The highest BCUT2D eigenvalue weighted by molar-refractivity contribution is 6.02. The molecule has 0 unspecified atom stereocenters. The van der Waals surface area contributed by atoms with Crippen molar-refractivity contribution in [2.75, 3.05) is 18.0 Å². The number of aryl methyl sites for hydroxylation is 1. The molecule has 3 aromatic rings. The Hall–Kier alpha value is -2.41. The lowest BCUT2D eigenvalue weighted by Crippen LogP contribution is -2.47. The fourth-order valence-electron chi connectivity index (χ4n) is 4.55. The summed E-state index contributed by atoms with van der Waals surface area (Å²) in [4.78, 5) is 9.86. The van der Waals surface area contributed by atoms with Crippen molar-refractivity contribution >= 4 is 16.7 Å². The second-order valence-electron chi connectivity index (χ2n) is 7.96. The molecule has 0 aromatic carbocycles. The second kappa shape index (κ2) is 6.34. The Morgan fingerprint density at radius 2 is 2.07 bits per heavy atom. The van der Waals surface area contributed by atoms with Gasteiger partial charge in [-0.2, -0.15) is 10.2 Å². The number of hydrogen-bond acceptors (Lipinski definition) is 5. The van der Waals surface area contributed by atoms with Gasteiger partial charge in [0.05, 0.1) is 23.1 Å². The number of aromatic nitrogens is 5. The van der Waals surface area contributed by atoms with Gasteiger partial charge >= 0.3 is 0 Å². The highest BCUT2D eigenvalue weighted by Crippen LogP contribution is 2.40. The molecular formula is C20H27N7. The van der Waals surface area contributed by atoms with Crippen molar-refractivity contribution in [1.29, 1.82) is 0 Å². The van der Waals surface area contributed by atoms with Gasteiger partial charge in [0.2, 0.25) is 0 Å². The van der Waals surface area contributed by atoms with Crippen molar-refractivity contribution in [2.45, 2.75) is 58.8 Å². The van der Waals surface area contributed by atoms with E-state index in [1.54, 1.807) is 0 Å². The van der Waals surface area contributed by atoms with E-state index < -0.39 is 0 Å². The standard InChI is InChI=1S/C20H27N7/c1-4-26-11-15-17(24-26)12-27(14-6-9-25(10-7-14)13(2)3)20-18-16(5-8-21-20)22-23-19(15)18/h5,8,11,13-14H,4,6-7,9-10,12H2,1-3H3,(H,22,23). The first-order chi connectivity index (χ1) is 13.2. The van der Waals surface area contributed by atoms with Crippen LogP contribution < -0.4 is 4.90 Å². The van der Waals surface area contributed by atoms with Crippen molar-refractivity contribution in [3.05, 3.63) is 24.2 Å². The molecule has 3 aromatic heterocycles. The molecule has 1 saturated heterocycles. The molecule has 0 aliphatic carbocycles. The summed E-state index contributed by atoms with van der Waals surface area (Å²) in [6.07, 6.45) is 6.35. The second-order valence-corrected chi connectivity index (χ2v) is 7.96. The maximum Gasteiger partial charge on any atom is 0.140 e. The van der Waals surface area contributed by atoms with Crippen LogP contribution in [0.25, 0.3) is 22.2 Å². The highest BCUT2D eigenvalue weighted by Gasteiger charge is 2.33. The predicted octanol–water partition coefficient (Wildman–Crippen LogP) is 3.03. The van der Waals surface area contributed by atoms with E-state index in [1.165, 1.54) is 0 Å². The number of hydrogen-bond donors (Lipinski definition) is 1. The van der Waals surface area contributed by atoms with E-state index in [2.05, 4.69) is 47.0 Å². The first-order valence-corrected chi connectivity index (χ1v) is 10.1. The number of H-pyrrole nitrogens is 1. The smallest absolute Gasteiger partial charge is 0.140 e. The SMILES string of the molecule is CCn1cc2c(n1)CN(C1CCN(C(C)C)CC1)c1nccc3[nH]nc-2c13. The molecule has 0 spiro atoms. The lowest BCUT2D eigenvalue weighted by atomic mass is 10.0. The van der Waals surface area contributed by atoms with Crippen molar-refractivity contribution in [2.24, 2.45) is 0 Å². The largest absolute Gasteiger partial charge is 0.347 e. The molecule has 7 nitrogen and oxygen atoms in total. The summed E-state index contributed by atoms with van der Waals surface area (Å²) in [6.45, 7) is 10.7. The number of pyridine rings is 1. The molecule has 0 amide bonds. The normalized spacial score (nSPS) is 18.3. The van der Waals surface area contributed by atoms with Crippen LogP contribution in [0.2, 0.25) is 0 Å². The zero-order chi connectivity index (χ0) is 18.5. The number of nitrogens with one attached hydrogen (secondary N) is 1. The van der Waals surface area contributed by atoms with Crippen LogP contribution in [0.5, 0.6) is 0 Å². The Morgan fingerprint density at radius 1 is 1.26 bits per heavy atom. The van der Waals surface area contributed by atoms with E-state index in [0.717, 1.165) is 72.7 Å². The summed E-state index contributed by atoms with van der Waals surface area (Å²) in [6, 6.07) is 3.12. The summed E-state index contributed by atoms with van der Waals surface area (Å²) < 4.78 is 2.02. The maximum atomic E-state index is 4.85. The van der Waals surface area contributed by atoms with Crippen LogP contribution in [0.3, 0.4) is 0 Å². The number of fused-ring (bicyclic) bond motifs is 2. The number of anilines is 1.